The van der Waals surface area contributed by atoms with Gasteiger partial charge in [-0.3, -0.25) is 9.35 Å². The Morgan fingerprint density at radius 1 is 1.25 bits per heavy atom. The summed E-state index contributed by atoms with van der Waals surface area (Å²) in [6, 6.07) is 8.37. The summed E-state index contributed by atoms with van der Waals surface area (Å²) in [6.07, 6.45) is 0. The summed E-state index contributed by atoms with van der Waals surface area (Å²) in [4.78, 5) is 11.9. The first-order valence-corrected chi connectivity index (χ1v) is 7.27. The predicted molar refractivity (Wildman–Crippen MR) is 64.0 cm³/mol. The van der Waals surface area contributed by atoms with Crippen molar-refractivity contribution in [2.75, 3.05) is 0 Å². The molecule has 0 unspecified atom stereocenters. The fraction of sp³-hybridized carbons (Fsp3) is 0.300. The maximum atomic E-state index is 11.9. The van der Waals surface area contributed by atoms with Gasteiger partial charge >= 0.3 is 9.15 Å². The maximum absolute atomic E-state index is 11.9. The highest BCUT2D eigenvalue weighted by Crippen LogP contribution is 2.32. The molecule has 0 saturated heterocycles. The van der Waals surface area contributed by atoms with Crippen LogP contribution in [0.5, 0.6) is 0 Å². The Balaban J connectivity index is 2.98. The normalized spacial score (nSPS) is 12.4. The minimum atomic E-state index is -4.24. The lowest BCUT2D eigenvalue weighted by Crippen LogP contribution is -2.29. The van der Waals surface area contributed by atoms with E-state index in [2.05, 4.69) is 0 Å². The zero-order valence-electron chi connectivity index (χ0n) is 8.88. The Morgan fingerprint density at radius 3 is 2.19 bits per heavy atom. The zero-order chi connectivity index (χ0) is 12.4. The second kappa shape index (κ2) is 4.57. The van der Waals surface area contributed by atoms with Gasteiger partial charge in [0.15, 0.2) is 5.78 Å². The molecule has 0 bridgehead atoms. The first-order valence-electron chi connectivity index (χ1n) is 4.50. The van der Waals surface area contributed by atoms with Gasteiger partial charge in [0.1, 0.15) is 0 Å². The third-order valence-electron chi connectivity index (χ3n) is 1.90. The smallest absolute Gasteiger partial charge is 0.293 e. The van der Waals surface area contributed by atoms with E-state index in [1.807, 2.05) is 0 Å². The lowest BCUT2D eigenvalue weighted by Gasteiger charge is -2.19. The first kappa shape index (κ1) is 13.2. The molecule has 1 aromatic rings. The van der Waals surface area contributed by atoms with Gasteiger partial charge < -0.3 is 0 Å². The largest absolute Gasteiger partial charge is 0.320 e. The zero-order valence-corrected chi connectivity index (χ0v) is 10.5. The van der Waals surface area contributed by atoms with Crippen LogP contribution in [0.15, 0.2) is 30.3 Å². The van der Waals surface area contributed by atoms with Crippen molar-refractivity contribution in [1.82, 2.24) is 0 Å². The van der Waals surface area contributed by atoms with E-state index in [9.17, 15) is 13.2 Å². The third-order valence-corrected chi connectivity index (χ3v) is 4.59. The molecule has 88 valence electrons. The van der Waals surface area contributed by atoms with Crippen molar-refractivity contribution in [2.24, 2.45) is 0 Å². The van der Waals surface area contributed by atoms with Gasteiger partial charge in [-0.15, -0.1) is 0 Å². The lowest BCUT2D eigenvalue weighted by atomic mass is 10.0. The van der Waals surface area contributed by atoms with E-state index in [1.54, 1.807) is 30.3 Å². The van der Waals surface area contributed by atoms with Crippen LogP contribution >= 0.6 is 10.8 Å². The summed E-state index contributed by atoms with van der Waals surface area (Å²) in [5.74, 6) is -0.337. The molecular formula is C10H12O4S2. The summed E-state index contributed by atoms with van der Waals surface area (Å²) in [5.41, 5.74) is 0.420. The fourth-order valence-corrected chi connectivity index (χ4v) is 3.77. The van der Waals surface area contributed by atoms with Gasteiger partial charge in [-0.05, 0) is 13.8 Å². The highest BCUT2D eigenvalue weighted by molar-refractivity contribution is 8.70. The summed E-state index contributed by atoms with van der Waals surface area (Å²) >= 11 is 0. The number of carbonyl (C=O) groups is 1. The average Bonchev–Trinajstić information content (AvgIpc) is 2.14. The van der Waals surface area contributed by atoms with Gasteiger partial charge in [0.05, 0.1) is 4.75 Å². The van der Waals surface area contributed by atoms with E-state index in [1.165, 1.54) is 13.8 Å². The maximum Gasteiger partial charge on any atom is 0.320 e. The molecule has 0 saturated carbocycles. The fourth-order valence-electron chi connectivity index (χ4n) is 1.24. The monoisotopic (exact) mass is 260 g/mol. The number of carbonyl (C=O) groups excluding carboxylic acids is 1. The van der Waals surface area contributed by atoms with Gasteiger partial charge in [0, 0.05) is 16.4 Å². The highest BCUT2D eigenvalue weighted by atomic mass is 33.1. The van der Waals surface area contributed by atoms with E-state index in [-0.39, 0.29) is 16.6 Å². The summed E-state index contributed by atoms with van der Waals surface area (Å²) < 4.78 is 29.0. The quantitative estimate of drug-likeness (QED) is 0.510. The molecule has 16 heavy (non-hydrogen) atoms. The molecule has 0 spiro atoms. The van der Waals surface area contributed by atoms with Crippen LogP contribution in [0, 0.1) is 0 Å². The van der Waals surface area contributed by atoms with E-state index in [0.29, 0.717) is 5.56 Å². The van der Waals surface area contributed by atoms with Crippen LogP contribution in [0.4, 0.5) is 0 Å². The first-order chi connectivity index (χ1) is 7.22. The predicted octanol–water partition coefficient (Wildman–Crippen LogP) is 2.18. The summed E-state index contributed by atoms with van der Waals surface area (Å²) in [5, 5.41) is 0. The van der Waals surface area contributed by atoms with Crippen LogP contribution in [0.1, 0.15) is 24.2 Å². The van der Waals surface area contributed by atoms with Crippen LogP contribution < -0.4 is 0 Å². The van der Waals surface area contributed by atoms with Crippen LogP contribution in [0.25, 0.3) is 0 Å². The second-order valence-corrected chi connectivity index (χ2v) is 7.52. The molecule has 0 heterocycles. The van der Waals surface area contributed by atoms with Crippen molar-refractivity contribution >= 4 is 25.7 Å². The Labute approximate surface area is 98.2 Å². The molecule has 6 heteroatoms. The van der Waals surface area contributed by atoms with E-state index in [0.717, 1.165) is 0 Å². The number of hydrogen-bond acceptors (Lipinski definition) is 4. The van der Waals surface area contributed by atoms with Gasteiger partial charge in [-0.25, -0.2) is 0 Å². The van der Waals surface area contributed by atoms with Crippen molar-refractivity contribution < 1.29 is 17.8 Å². The molecule has 0 atom stereocenters. The molecule has 0 aliphatic heterocycles. The minimum absolute atomic E-state index is 0.240. The van der Waals surface area contributed by atoms with Crippen molar-refractivity contribution in [3.05, 3.63) is 35.9 Å². The third kappa shape index (κ3) is 3.62. The van der Waals surface area contributed by atoms with E-state index >= 15 is 0 Å². The molecule has 0 aromatic heterocycles. The van der Waals surface area contributed by atoms with Crippen LogP contribution in [-0.2, 0) is 9.15 Å². The highest BCUT2D eigenvalue weighted by Gasteiger charge is 2.34. The number of ketones is 1. The van der Waals surface area contributed by atoms with Crippen molar-refractivity contribution in [1.29, 1.82) is 0 Å². The van der Waals surface area contributed by atoms with Crippen molar-refractivity contribution in [2.45, 2.75) is 18.6 Å². The van der Waals surface area contributed by atoms with Gasteiger partial charge in [-0.2, -0.15) is 8.42 Å². The van der Waals surface area contributed by atoms with Gasteiger partial charge in [-0.1, -0.05) is 30.3 Å². The molecule has 1 rings (SSSR count). The number of benzene rings is 1. The molecule has 0 radical (unpaired) electrons. The molecule has 0 amide bonds. The van der Waals surface area contributed by atoms with Crippen molar-refractivity contribution in [3.63, 3.8) is 0 Å². The number of hydrogen-bond donors (Lipinski definition) is 1. The Hall–Kier alpha value is -0.850. The topological polar surface area (TPSA) is 71.4 Å². The SMILES string of the molecule is CC(C)(SS(=O)(=O)O)C(=O)c1ccccc1. The van der Waals surface area contributed by atoms with Crippen molar-refractivity contribution in [3.8, 4) is 0 Å². The molecule has 0 aliphatic carbocycles. The van der Waals surface area contributed by atoms with Gasteiger partial charge in [0.25, 0.3) is 0 Å². The summed E-state index contributed by atoms with van der Waals surface area (Å²) in [7, 11) is -4.00. The molecular weight excluding hydrogens is 248 g/mol. The van der Waals surface area contributed by atoms with E-state index in [4.69, 9.17) is 4.55 Å². The molecule has 4 nitrogen and oxygen atoms in total. The molecule has 1 aromatic carbocycles. The number of rotatable bonds is 4. The average molecular weight is 260 g/mol. The molecule has 0 aliphatic rings. The standard InChI is InChI=1S/C10H12O4S2/c1-10(2,15-16(12,13)14)9(11)8-6-4-3-5-7-8/h3-7H,1-2H3,(H,12,13,14). The molecule has 0 fully saturated rings. The van der Waals surface area contributed by atoms with Crippen LogP contribution in [0.3, 0.4) is 0 Å². The van der Waals surface area contributed by atoms with Crippen LogP contribution in [-0.4, -0.2) is 23.5 Å². The lowest BCUT2D eigenvalue weighted by molar-refractivity contribution is 0.0958. The Kier molecular flexibility index (Phi) is 3.77. The Bertz CT molecular complexity index is 477. The van der Waals surface area contributed by atoms with Gasteiger partial charge in [0.2, 0.25) is 0 Å². The van der Waals surface area contributed by atoms with E-state index < -0.39 is 13.9 Å². The Morgan fingerprint density at radius 2 is 1.75 bits per heavy atom. The second-order valence-electron chi connectivity index (χ2n) is 3.72. The summed E-state index contributed by atoms with van der Waals surface area (Å²) in [6.45, 7) is 2.92. The van der Waals surface area contributed by atoms with Crippen LogP contribution in [0.2, 0.25) is 0 Å². The minimum Gasteiger partial charge on any atom is -0.293 e. The number of Topliss-reactive ketones (excluding diaryl/α,β-unsaturated/α-hetero) is 1. The molecule has 1 N–H and O–H groups in total.